The molecule has 98 valence electrons. The van der Waals surface area contributed by atoms with Crippen LogP contribution in [0.2, 0.25) is 5.02 Å². The van der Waals surface area contributed by atoms with E-state index in [9.17, 15) is 4.39 Å². The Kier molecular flexibility index (Phi) is 2.92. The van der Waals surface area contributed by atoms with Crippen molar-refractivity contribution >= 4 is 22.7 Å². The zero-order valence-corrected chi connectivity index (χ0v) is 10.4. The SMILES string of the molecule is NCCn1cc(-c2nc3cc(F)cc(Cl)c3o2)nn1. The van der Waals surface area contributed by atoms with E-state index in [0.717, 1.165) is 0 Å². The molecule has 0 spiro atoms. The van der Waals surface area contributed by atoms with Gasteiger partial charge in [-0.05, 0) is 6.07 Å². The third-order valence-electron chi connectivity index (χ3n) is 2.53. The van der Waals surface area contributed by atoms with E-state index >= 15 is 0 Å². The summed E-state index contributed by atoms with van der Waals surface area (Å²) >= 11 is 5.89. The predicted octanol–water partition coefficient (Wildman–Crippen LogP) is 1.84. The molecule has 0 bridgehead atoms. The molecule has 0 atom stereocenters. The molecule has 0 aliphatic rings. The highest BCUT2D eigenvalue weighted by atomic mass is 35.5. The Hall–Kier alpha value is -1.99. The van der Waals surface area contributed by atoms with Gasteiger partial charge in [-0.25, -0.2) is 9.37 Å². The van der Waals surface area contributed by atoms with Gasteiger partial charge in [-0.2, -0.15) is 0 Å². The number of rotatable bonds is 3. The highest BCUT2D eigenvalue weighted by Crippen LogP contribution is 2.29. The van der Waals surface area contributed by atoms with E-state index in [1.807, 2.05) is 0 Å². The average molecular weight is 282 g/mol. The van der Waals surface area contributed by atoms with Crippen LogP contribution in [-0.2, 0) is 6.54 Å². The van der Waals surface area contributed by atoms with Crippen molar-refractivity contribution in [3.63, 3.8) is 0 Å². The highest BCUT2D eigenvalue weighted by molar-refractivity contribution is 6.34. The molecule has 3 aromatic rings. The Bertz CT molecular complexity index is 738. The van der Waals surface area contributed by atoms with Crippen LogP contribution in [-0.4, -0.2) is 26.5 Å². The van der Waals surface area contributed by atoms with E-state index in [0.29, 0.717) is 29.9 Å². The second-order valence-corrected chi connectivity index (χ2v) is 4.32. The molecule has 8 heteroatoms. The number of benzene rings is 1. The zero-order valence-electron chi connectivity index (χ0n) is 9.68. The number of aromatic nitrogens is 4. The number of oxazole rings is 1. The van der Waals surface area contributed by atoms with Crippen LogP contribution >= 0.6 is 11.6 Å². The summed E-state index contributed by atoms with van der Waals surface area (Å²) in [7, 11) is 0. The first-order valence-corrected chi connectivity index (χ1v) is 5.91. The molecule has 0 saturated heterocycles. The summed E-state index contributed by atoms with van der Waals surface area (Å²) < 4.78 is 20.3. The van der Waals surface area contributed by atoms with Crippen LogP contribution in [0, 0.1) is 5.82 Å². The first-order chi connectivity index (χ1) is 9.17. The van der Waals surface area contributed by atoms with Gasteiger partial charge in [-0.3, -0.25) is 4.68 Å². The minimum atomic E-state index is -0.468. The van der Waals surface area contributed by atoms with Crippen molar-refractivity contribution in [2.24, 2.45) is 5.73 Å². The normalized spacial score (nSPS) is 11.3. The minimum absolute atomic E-state index is 0.170. The molecule has 2 heterocycles. The molecular weight excluding hydrogens is 273 g/mol. The second kappa shape index (κ2) is 4.60. The molecular formula is C11H9ClFN5O. The quantitative estimate of drug-likeness (QED) is 0.792. The van der Waals surface area contributed by atoms with Gasteiger partial charge in [0.1, 0.15) is 11.3 Å². The Morgan fingerprint density at radius 1 is 1.42 bits per heavy atom. The summed E-state index contributed by atoms with van der Waals surface area (Å²) in [6.45, 7) is 0.996. The second-order valence-electron chi connectivity index (χ2n) is 3.91. The van der Waals surface area contributed by atoms with Gasteiger partial charge in [0.25, 0.3) is 0 Å². The summed E-state index contributed by atoms with van der Waals surface area (Å²) in [6.07, 6.45) is 1.65. The van der Waals surface area contributed by atoms with Gasteiger partial charge >= 0.3 is 0 Å². The molecule has 2 N–H and O–H groups in total. The molecule has 19 heavy (non-hydrogen) atoms. The predicted molar refractivity (Wildman–Crippen MR) is 67.0 cm³/mol. The van der Waals surface area contributed by atoms with Gasteiger partial charge in [-0.1, -0.05) is 16.8 Å². The van der Waals surface area contributed by atoms with Crippen LogP contribution in [0.3, 0.4) is 0 Å². The molecule has 0 saturated carbocycles. The summed E-state index contributed by atoms with van der Waals surface area (Å²) in [4.78, 5) is 4.14. The lowest BCUT2D eigenvalue weighted by molar-refractivity contribution is 0.598. The summed E-state index contributed by atoms with van der Waals surface area (Å²) in [5, 5.41) is 7.96. The smallest absolute Gasteiger partial charge is 0.249 e. The van der Waals surface area contributed by atoms with Gasteiger partial charge in [-0.15, -0.1) is 5.10 Å². The monoisotopic (exact) mass is 281 g/mol. The van der Waals surface area contributed by atoms with E-state index < -0.39 is 5.82 Å². The molecule has 0 aliphatic heterocycles. The van der Waals surface area contributed by atoms with Crippen molar-refractivity contribution in [1.82, 2.24) is 20.0 Å². The van der Waals surface area contributed by atoms with Crippen molar-refractivity contribution in [2.75, 3.05) is 6.54 Å². The largest absolute Gasteiger partial charge is 0.433 e. The molecule has 0 amide bonds. The molecule has 0 radical (unpaired) electrons. The Morgan fingerprint density at radius 3 is 3.05 bits per heavy atom. The molecule has 1 aromatic carbocycles. The molecule has 3 rings (SSSR count). The maximum absolute atomic E-state index is 13.2. The fourth-order valence-corrected chi connectivity index (χ4v) is 1.95. The van der Waals surface area contributed by atoms with Crippen molar-refractivity contribution in [1.29, 1.82) is 0 Å². The van der Waals surface area contributed by atoms with Gasteiger partial charge in [0.2, 0.25) is 5.89 Å². The van der Waals surface area contributed by atoms with Crippen molar-refractivity contribution in [2.45, 2.75) is 6.54 Å². The lowest BCUT2D eigenvalue weighted by Crippen LogP contribution is -2.10. The molecule has 0 fully saturated rings. The molecule has 6 nitrogen and oxygen atoms in total. The fraction of sp³-hybridized carbons (Fsp3) is 0.182. The Balaban J connectivity index is 2.07. The number of hydrogen-bond donors (Lipinski definition) is 1. The lowest BCUT2D eigenvalue weighted by atomic mass is 10.3. The van der Waals surface area contributed by atoms with E-state index in [1.54, 1.807) is 10.9 Å². The number of nitrogens with two attached hydrogens (primary N) is 1. The number of fused-ring (bicyclic) bond motifs is 1. The topological polar surface area (TPSA) is 82.8 Å². The van der Waals surface area contributed by atoms with Crippen LogP contribution < -0.4 is 5.73 Å². The van der Waals surface area contributed by atoms with Gasteiger partial charge in [0.15, 0.2) is 11.3 Å². The van der Waals surface area contributed by atoms with E-state index in [4.69, 9.17) is 21.8 Å². The van der Waals surface area contributed by atoms with Crippen LogP contribution in [0.25, 0.3) is 22.7 Å². The summed E-state index contributed by atoms with van der Waals surface area (Å²) in [5.41, 5.74) is 6.53. The molecule has 0 unspecified atom stereocenters. The van der Waals surface area contributed by atoms with Crippen LogP contribution in [0.15, 0.2) is 22.7 Å². The summed E-state index contributed by atoms with van der Waals surface area (Å²) in [6, 6.07) is 2.42. The number of nitrogens with zero attached hydrogens (tertiary/aromatic N) is 4. The third-order valence-corrected chi connectivity index (χ3v) is 2.81. The zero-order chi connectivity index (χ0) is 13.4. The van der Waals surface area contributed by atoms with E-state index in [-0.39, 0.29) is 10.9 Å². The molecule has 2 aromatic heterocycles. The average Bonchev–Trinajstić information content (AvgIpc) is 2.95. The van der Waals surface area contributed by atoms with Crippen molar-refractivity contribution in [3.8, 4) is 11.6 Å². The summed E-state index contributed by atoms with van der Waals surface area (Å²) in [5.74, 6) is -0.227. The van der Waals surface area contributed by atoms with Crippen molar-refractivity contribution in [3.05, 3.63) is 29.2 Å². The Morgan fingerprint density at radius 2 is 2.26 bits per heavy atom. The maximum atomic E-state index is 13.2. The fourth-order valence-electron chi connectivity index (χ4n) is 1.71. The van der Waals surface area contributed by atoms with Crippen LogP contribution in [0.4, 0.5) is 4.39 Å². The van der Waals surface area contributed by atoms with Crippen LogP contribution in [0.1, 0.15) is 0 Å². The first-order valence-electron chi connectivity index (χ1n) is 5.53. The standard InChI is InChI=1S/C11H9ClFN5O/c12-7-3-6(13)4-8-10(7)19-11(15-8)9-5-18(2-1-14)17-16-9/h3-5H,1-2,14H2. The van der Waals surface area contributed by atoms with E-state index in [2.05, 4.69) is 15.3 Å². The number of hydrogen-bond acceptors (Lipinski definition) is 5. The molecule has 0 aliphatic carbocycles. The minimum Gasteiger partial charge on any atom is -0.433 e. The first kappa shape index (κ1) is 12.1. The van der Waals surface area contributed by atoms with Crippen LogP contribution in [0.5, 0.6) is 0 Å². The Labute approximate surface area is 112 Å². The highest BCUT2D eigenvalue weighted by Gasteiger charge is 2.15. The van der Waals surface area contributed by atoms with Gasteiger partial charge in [0.05, 0.1) is 17.8 Å². The maximum Gasteiger partial charge on any atom is 0.249 e. The third kappa shape index (κ3) is 2.18. The lowest BCUT2D eigenvalue weighted by Gasteiger charge is -1.92. The van der Waals surface area contributed by atoms with Gasteiger partial charge in [0, 0.05) is 12.6 Å². The van der Waals surface area contributed by atoms with Gasteiger partial charge < -0.3 is 10.2 Å². The number of halogens is 2. The van der Waals surface area contributed by atoms with E-state index in [1.165, 1.54) is 12.1 Å². The van der Waals surface area contributed by atoms with Crippen molar-refractivity contribution < 1.29 is 8.81 Å².